The number of pyridine rings is 1. The first kappa shape index (κ1) is 22.1. The number of nitrogens with zero attached hydrogens (tertiary/aromatic N) is 1. The molecule has 0 radical (unpaired) electrons. The first-order valence-corrected chi connectivity index (χ1v) is 10.7. The predicted molar refractivity (Wildman–Crippen MR) is 120 cm³/mol. The molecule has 168 valence electrons. The average Bonchev–Trinajstić information content (AvgIpc) is 2.78. The number of ether oxygens (including phenoxy) is 1. The van der Waals surface area contributed by atoms with Gasteiger partial charge in [0.15, 0.2) is 0 Å². The van der Waals surface area contributed by atoms with E-state index in [9.17, 15) is 18.7 Å². The van der Waals surface area contributed by atoms with Crippen LogP contribution < -0.4 is 5.32 Å². The van der Waals surface area contributed by atoms with Gasteiger partial charge in [0.05, 0.1) is 11.1 Å². The number of aromatic carboxylic acids is 1. The zero-order valence-electron chi connectivity index (χ0n) is 18.1. The van der Waals surface area contributed by atoms with Gasteiger partial charge in [0, 0.05) is 30.3 Å². The lowest BCUT2D eigenvalue weighted by Crippen LogP contribution is -2.17. The van der Waals surface area contributed by atoms with Gasteiger partial charge in [0.25, 0.3) is 6.43 Å². The van der Waals surface area contributed by atoms with Crippen molar-refractivity contribution in [3.63, 3.8) is 0 Å². The van der Waals surface area contributed by atoms with Gasteiger partial charge >= 0.3 is 5.97 Å². The molecule has 1 saturated heterocycles. The van der Waals surface area contributed by atoms with Crippen molar-refractivity contribution in [1.29, 1.82) is 0 Å². The molecule has 0 amide bonds. The van der Waals surface area contributed by atoms with Gasteiger partial charge in [-0.3, -0.25) is 0 Å². The highest BCUT2D eigenvalue weighted by Gasteiger charge is 2.26. The van der Waals surface area contributed by atoms with Crippen LogP contribution in [0.3, 0.4) is 0 Å². The Kier molecular flexibility index (Phi) is 6.37. The maximum Gasteiger partial charge on any atom is 0.337 e. The van der Waals surface area contributed by atoms with Crippen molar-refractivity contribution < 1.29 is 23.4 Å². The molecule has 1 aliphatic heterocycles. The van der Waals surface area contributed by atoms with Gasteiger partial charge in [0.2, 0.25) is 0 Å². The first-order chi connectivity index (χ1) is 15.3. The number of carboxylic acids is 1. The van der Waals surface area contributed by atoms with Crippen molar-refractivity contribution >= 4 is 22.6 Å². The minimum absolute atomic E-state index is 0.0187. The molecule has 32 heavy (non-hydrogen) atoms. The zero-order chi connectivity index (χ0) is 22.8. The van der Waals surface area contributed by atoms with Gasteiger partial charge < -0.3 is 15.2 Å². The second-order valence-corrected chi connectivity index (χ2v) is 8.29. The van der Waals surface area contributed by atoms with E-state index in [2.05, 4.69) is 10.3 Å². The van der Waals surface area contributed by atoms with Gasteiger partial charge in [-0.25, -0.2) is 18.6 Å². The lowest BCUT2D eigenvalue weighted by Gasteiger charge is -2.26. The van der Waals surface area contributed by atoms with Gasteiger partial charge in [-0.05, 0) is 73.6 Å². The lowest BCUT2D eigenvalue weighted by molar-refractivity contribution is 0.0698. The molecule has 1 fully saturated rings. The molecule has 1 atom stereocenters. The Labute approximate surface area is 185 Å². The molecule has 0 saturated carbocycles. The number of rotatable bonds is 6. The Balaban J connectivity index is 1.81. The Hall–Kier alpha value is -3.06. The van der Waals surface area contributed by atoms with Gasteiger partial charge in [-0.1, -0.05) is 18.2 Å². The molecular formula is C25H26F2N2O3. The predicted octanol–water partition coefficient (Wildman–Crippen LogP) is 6.25. The molecule has 0 aliphatic carbocycles. The molecule has 0 bridgehead atoms. The van der Waals surface area contributed by atoms with Crippen LogP contribution in [0.1, 0.15) is 70.9 Å². The van der Waals surface area contributed by atoms with Crippen molar-refractivity contribution in [2.75, 3.05) is 18.5 Å². The number of halogens is 2. The SMILES string of the molecule is Cc1cc([C@@H](C)Nc2ccccc2C(=O)O)c2cc(C3CCOCC3)c(C(F)F)nc2c1. The molecule has 7 heteroatoms. The minimum Gasteiger partial charge on any atom is -0.478 e. The van der Waals surface area contributed by atoms with Crippen LogP contribution in [0.15, 0.2) is 42.5 Å². The van der Waals surface area contributed by atoms with Crippen LogP contribution in [0.2, 0.25) is 0 Å². The molecule has 0 unspecified atom stereocenters. The number of carbonyl (C=O) groups is 1. The van der Waals surface area contributed by atoms with E-state index in [1.165, 1.54) is 0 Å². The van der Waals surface area contributed by atoms with E-state index in [0.717, 1.165) is 16.5 Å². The number of nitrogens with one attached hydrogen (secondary N) is 1. The smallest absolute Gasteiger partial charge is 0.337 e. The molecule has 3 aromatic rings. The van der Waals surface area contributed by atoms with E-state index in [1.807, 2.05) is 32.0 Å². The molecule has 2 N–H and O–H groups in total. The summed E-state index contributed by atoms with van der Waals surface area (Å²) >= 11 is 0. The fraction of sp³-hybridized carbons (Fsp3) is 0.360. The third kappa shape index (κ3) is 4.43. The maximum atomic E-state index is 13.9. The summed E-state index contributed by atoms with van der Waals surface area (Å²) in [4.78, 5) is 16.0. The van der Waals surface area contributed by atoms with Crippen LogP contribution in [-0.4, -0.2) is 29.3 Å². The standard InChI is InChI=1S/C25H26F2N2O3/c1-14-11-18(15(2)28-21-6-4-3-5-17(21)25(30)31)20-13-19(16-7-9-32-10-8-16)23(24(26)27)29-22(20)12-14/h3-6,11-13,15-16,24,28H,7-10H2,1-2H3,(H,30,31)/t15-/m1/s1. The molecular weight excluding hydrogens is 414 g/mol. The summed E-state index contributed by atoms with van der Waals surface area (Å²) in [5.74, 6) is -1.03. The van der Waals surface area contributed by atoms with Crippen LogP contribution in [0, 0.1) is 6.92 Å². The van der Waals surface area contributed by atoms with Gasteiger partial charge in [-0.2, -0.15) is 0 Å². The number of carboxylic acid groups (broad SMARTS) is 1. The first-order valence-electron chi connectivity index (χ1n) is 10.7. The number of anilines is 1. The summed E-state index contributed by atoms with van der Waals surface area (Å²) in [7, 11) is 0. The highest BCUT2D eigenvalue weighted by molar-refractivity contribution is 5.94. The minimum atomic E-state index is -2.65. The van der Waals surface area contributed by atoms with Crippen LogP contribution >= 0.6 is 0 Å². The molecule has 0 spiro atoms. The van der Waals surface area contributed by atoms with Crippen LogP contribution in [0.4, 0.5) is 14.5 Å². The summed E-state index contributed by atoms with van der Waals surface area (Å²) in [6, 6.07) is 12.1. The number of benzene rings is 2. The van der Waals surface area contributed by atoms with Gasteiger partial charge in [0.1, 0.15) is 5.69 Å². The monoisotopic (exact) mass is 440 g/mol. The second-order valence-electron chi connectivity index (χ2n) is 8.29. The van der Waals surface area contributed by atoms with Crippen LogP contribution in [-0.2, 0) is 4.74 Å². The fourth-order valence-electron chi connectivity index (χ4n) is 4.45. The van der Waals surface area contributed by atoms with Crippen LogP contribution in [0.5, 0.6) is 0 Å². The summed E-state index contributed by atoms with van der Waals surface area (Å²) < 4.78 is 33.2. The lowest BCUT2D eigenvalue weighted by atomic mass is 9.88. The number of aromatic nitrogens is 1. The van der Waals surface area contributed by atoms with Crippen molar-refractivity contribution in [2.45, 2.75) is 45.1 Å². The largest absolute Gasteiger partial charge is 0.478 e. The number of para-hydroxylation sites is 1. The van der Waals surface area contributed by atoms with E-state index in [0.29, 0.717) is 42.8 Å². The van der Waals surface area contributed by atoms with E-state index in [1.54, 1.807) is 24.3 Å². The number of alkyl halides is 2. The summed E-state index contributed by atoms with van der Waals surface area (Å²) in [5.41, 5.74) is 3.42. The third-order valence-electron chi connectivity index (χ3n) is 6.03. The maximum absolute atomic E-state index is 13.9. The Morgan fingerprint density at radius 3 is 2.59 bits per heavy atom. The van der Waals surface area contributed by atoms with E-state index < -0.39 is 12.4 Å². The number of hydrogen-bond acceptors (Lipinski definition) is 4. The van der Waals surface area contributed by atoms with E-state index in [4.69, 9.17) is 4.74 Å². The normalized spacial score (nSPS) is 15.8. The average molecular weight is 440 g/mol. The number of hydrogen-bond donors (Lipinski definition) is 2. The Bertz CT molecular complexity index is 1140. The number of fused-ring (bicyclic) bond motifs is 1. The van der Waals surface area contributed by atoms with E-state index >= 15 is 0 Å². The van der Waals surface area contributed by atoms with Gasteiger partial charge in [-0.15, -0.1) is 0 Å². The Morgan fingerprint density at radius 1 is 1.19 bits per heavy atom. The summed E-state index contributed by atoms with van der Waals surface area (Å²) in [6.07, 6.45) is -1.28. The quantitative estimate of drug-likeness (QED) is 0.474. The van der Waals surface area contributed by atoms with Crippen molar-refractivity contribution in [3.8, 4) is 0 Å². The second kappa shape index (κ2) is 9.20. The molecule has 2 aromatic carbocycles. The zero-order valence-corrected chi connectivity index (χ0v) is 18.1. The van der Waals surface area contributed by atoms with Crippen molar-refractivity contribution in [2.24, 2.45) is 0 Å². The fourth-order valence-corrected chi connectivity index (χ4v) is 4.45. The molecule has 1 aromatic heterocycles. The molecule has 5 nitrogen and oxygen atoms in total. The highest BCUT2D eigenvalue weighted by Crippen LogP contribution is 2.37. The van der Waals surface area contributed by atoms with E-state index in [-0.39, 0.29) is 23.2 Å². The summed E-state index contributed by atoms with van der Waals surface area (Å²) in [5, 5.41) is 13.6. The van der Waals surface area contributed by atoms with Crippen molar-refractivity contribution in [3.05, 3.63) is 70.4 Å². The molecule has 2 heterocycles. The third-order valence-corrected chi connectivity index (χ3v) is 6.03. The summed E-state index contributed by atoms with van der Waals surface area (Å²) in [6.45, 7) is 4.94. The Morgan fingerprint density at radius 2 is 1.91 bits per heavy atom. The molecule has 1 aliphatic rings. The highest BCUT2D eigenvalue weighted by atomic mass is 19.3. The van der Waals surface area contributed by atoms with Crippen molar-refractivity contribution in [1.82, 2.24) is 4.98 Å². The molecule has 4 rings (SSSR count). The topological polar surface area (TPSA) is 71.5 Å². The number of aryl methyl sites for hydroxylation is 1. The van der Waals surface area contributed by atoms with Crippen LogP contribution in [0.25, 0.3) is 10.9 Å².